The number of carbonyl (C=O) groups excluding carboxylic acids is 2. The van der Waals surface area contributed by atoms with Crippen molar-refractivity contribution in [3.05, 3.63) is 35.9 Å². The summed E-state index contributed by atoms with van der Waals surface area (Å²) in [4.78, 5) is 28.5. The Kier molecular flexibility index (Phi) is 5.19. The molecule has 2 aliphatic heterocycles. The largest absolute Gasteiger partial charge is 0.370 e. The molecule has 0 saturated carbocycles. The third kappa shape index (κ3) is 3.46. The number of rotatable bonds is 4. The van der Waals surface area contributed by atoms with Crippen LogP contribution in [0.3, 0.4) is 0 Å². The quantitative estimate of drug-likeness (QED) is 0.920. The van der Waals surface area contributed by atoms with Crippen molar-refractivity contribution in [3.63, 3.8) is 0 Å². The van der Waals surface area contributed by atoms with Crippen LogP contribution in [-0.2, 0) is 9.59 Å². The van der Waals surface area contributed by atoms with Crippen LogP contribution in [0.25, 0.3) is 0 Å². The van der Waals surface area contributed by atoms with E-state index in [1.165, 1.54) is 12.0 Å². The summed E-state index contributed by atoms with van der Waals surface area (Å²) in [5.74, 6) is -0.348. The Morgan fingerprint density at radius 3 is 2.58 bits per heavy atom. The summed E-state index contributed by atoms with van der Waals surface area (Å²) in [5.41, 5.74) is 6.43. The summed E-state index contributed by atoms with van der Waals surface area (Å²) in [5, 5.41) is 0. The summed E-state index contributed by atoms with van der Waals surface area (Å²) >= 11 is 0. The smallest absolute Gasteiger partial charge is 0.223 e. The molecular formula is C19H27N3O2. The minimum Gasteiger partial charge on any atom is -0.370 e. The average molecular weight is 329 g/mol. The van der Waals surface area contributed by atoms with Crippen LogP contribution in [0, 0.1) is 0 Å². The SMILES string of the molecule is CN1CCCC[C@H]2[C@H]1C[C@@H](c1ccccc1)N2C(=O)CCC(N)=O. The fraction of sp³-hybridized carbons (Fsp3) is 0.579. The maximum Gasteiger partial charge on any atom is 0.223 e. The standard InChI is InChI=1S/C19H27N3O2/c1-21-12-6-5-9-15-17(21)13-16(14-7-3-2-4-8-14)22(15)19(24)11-10-18(20)23/h2-4,7-8,15-17H,5-6,9-13H2,1H3,(H2,20,23)/t15-,16-,17+/m0/s1. The minimum atomic E-state index is -0.409. The predicted octanol–water partition coefficient (Wildman–Crippen LogP) is 2.08. The summed E-state index contributed by atoms with van der Waals surface area (Å²) < 4.78 is 0. The third-order valence-corrected chi connectivity index (χ3v) is 5.49. The number of carbonyl (C=O) groups is 2. The molecule has 0 aliphatic carbocycles. The van der Waals surface area contributed by atoms with Gasteiger partial charge < -0.3 is 15.5 Å². The predicted molar refractivity (Wildman–Crippen MR) is 93.1 cm³/mol. The van der Waals surface area contributed by atoms with Crippen molar-refractivity contribution in [2.45, 2.75) is 56.7 Å². The van der Waals surface area contributed by atoms with Gasteiger partial charge in [-0.3, -0.25) is 9.59 Å². The molecule has 3 atom stereocenters. The van der Waals surface area contributed by atoms with Crippen LogP contribution < -0.4 is 5.73 Å². The molecule has 2 N–H and O–H groups in total. The number of likely N-dealkylation sites (tertiary alicyclic amines) is 2. The summed E-state index contributed by atoms with van der Waals surface area (Å²) in [6.45, 7) is 1.09. The molecule has 2 heterocycles. The lowest BCUT2D eigenvalue weighted by atomic mass is 10.0. The van der Waals surface area contributed by atoms with Crippen LogP contribution in [0.15, 0.2) is 30.3 Å². The first-order chi connectivity index (χ1) is 11.6. The number of primary amides is 1. The van der Waals surface area contributed by atoms with Gasteiger partial charge in [0, 0.05) is 24.9 Å². The Labute approximate surface area is 143 Å². The molecule has 0 aromatic heterocycles. The molecule has 0 unspecified atom stereocenters. The van der Waals surface area contributed by atoms with Gasteiger partial charge in [-0.2, -0.15) is 0 Å². The van der Waals surface area contributed by atoms with Gasteiger partial charge in [0.1, 0.15) is 0 Å². The van der Waals surface area contributed by atoms with E-state index in [-0.39, 0.29) is 30.8 Å². The molecule has 2 saturated heterocycles. The van der Waals surface area contributed by atoms with E-state index in [1.807, 2.05) is 18.2 Å². The Morgan fingerprint density at radius 2 is 1.88 bits per heavy atom. The first-order valence-electron chi connectivity index (χ1n) is 8.92. The highest BCUT2D eigenvalue weighted by Crippen LogP contribution is 2.41. The molecule has 0 spiro atoms. The van der Waals surface area contributed by atoms with E-state index in [4.69, 9.17) is 5.73 Å². The fourth-order valence-corrected chi connectivity index (χ4v) is 4.29. The van der Waals surface area contributed by atoms with Crippen LogP contribution in [0.1, 0.15) is 50.1 Å². The van der Waals surface area contributed by atoms with Gasteiger partial charge in [-0.1, -0.05) is 36.8 Å². The van der Waals surface area contributed by atoms with Crippen molar-refractivity contribution in [2.75, 3.05) is 13.6 Å². The van der Waals surface area contributed by atoms with Crippen LogP contribution >= 0.6 is 0 Å². The highest BCUT2D eigenvalue weighted by molar-refractivity contribution is 5.83. The monoisotopic (exact) mass is 329 g/mol. The summed E-state index contributed by atoms with van der Waals surface area (Å²) in [6, 6.07) is 11.0. The van der Waals surface area contributed by atoms with Crippen molar-refractivity contribution >= 4 is 11.8 Å². The lowest BCUT2D eigenvalue weighted by Crippen LogP contribution is -2.44. The molecule has 2 amide bonds. The second-order valence-electron chi connectivity index (χ2n) is 7.04. The number of amides is 2. The van der Waals surface area contributed by atoms with Crippen molar-refractivity contribution in [3.8, 4) is 0 Å². The lowest BCUT2D eigenvalue weighted by molar-refractivity contribution is -0.136. The van der Waals surface area contributed by atoms with Crippen LogP contribution in [-0.4, -0.2) is 47.3 Å². The third-order valence-electron chi connectivity index (χ3n) is 5.49. The number of likely N-dealkylation sites (N-methyl/N-ethyl adjacent to an activating group) is 1. The minimum absolute atomic E-state index is 0.0606. The molecule has 130 valence electrons. The maximum absolute atomic E-state index is 12.9. The van der Waals surface area contributed by atoms with E-state index < -0.39 is 5.91 Å². The van der Waals surface area contributed by atoms with Gasteiger partial charge in [0.05, 0.1) is 6.04 Å². The van der Waals surface area contributed by atoms with Gasteiger partial charge in [0.2, 0.25) is 11.8 Å². The highest BCUT2D eigenvalue weighted by Gasteiger charge is 2.45. The number of nitrogens with two attached hydrogens (primary N) is 1. The van der Waals surface area contributed by atoms with Gasteiger partial charge >= 0.3 is 0 Å². The van der Waals surface area contributed by atoms with E-state index in [0.29, 0.717) is 6.04 Å². The van der Waals surface area contributed by atoms with E-state index in [9.17, 15) is 9.59 Å². The molecule has 24 heavy (non-hydrogen) atoms. The molecule has 2 aliphatic rings. The van der Waals surface area contributed by atoms with E-state index in [1.54, 1.807) is 0 Å². The van der Waals surface area contributed by atoms with Crippen molar-refractivity contribution in [2.24, 2.45) is 5.73 Å². The van der Waals surface area contributed by atoms with Crippen LogP contribution in [0.5, 0.6) is 0 Å². The summed E-state index contributed by atoms with van der Waals surface area (Å²) in [6.07, 6.45) is 4.68. The molecular weight excluding hydrogens is 302 g/mol. The normalized spacial score (nSPS) is 27.5. The zero-order valence-corrected chi connectivity index (χ0v) is 14.4. The van der Waals surface area contributed by atoms with Gasteiger partial charge in [-0.05, 0) is 38.4 Å². The zero-order chi connectivity index (χ0) is 17.1. The van der Waals surface area contributed by atoms with Gasteiger partial charge in [0.25, 0.3) is 0 Å². The number of nitrogens with zero attached hydrogens (tertiary/aromatic N) is 2. The van der Waals surface area contributed by atoms with Crippen molar-refractivity contribution in [1.82, 2.24) is 9.80 Å². The number of benzene rings is 1. The van der Waals surface area contributed by atoms with Gasteiger partial charge in [0.15, 0.2) is 0 Å². The van der Waals surface area contributed by atoms with Crippen LogP contribution in [0.4, 0.5) is 0 Å². The number of hydrogen-bond acceptors (Lipinski definition) is 3. The molecule has 1 aromatic carbocycles. The molecule has 0 bridgehead atoms. The Morgan fingerprint density at radius 1 is 1.12 bits per heavy atom. The molecule has 5 heteroatoms. The molecule has 1 aromatic rings. The zero-order valence-electron chi connectivity index (χ0n) is 14.4. The van der Waals surface area contributed by atoms with Crippen LogP contribution in [0.2, 0.25) is 0 Å². The Bertz CT molecular complexity index is 590. The van der Waals surface area contributed by atoms with E-state index >= 15 is 0 Å². The number of hydrogen-bond donors (Lipinski definition) is 1. The first-order valence-corrected chi connectivity index (χ1v) is 8.92. The maximum atomic E-state index is 12.9. The van der Waals surface area contributed by atoms with Gasteiger partial charge in [-0.25, -0.2) is 0 Å². The lowest BCUT2D eigenvalue weighted by Gasteiger charge is -2.33. The highest BCUT2D eigenvalue weighted by atomic mass is 16.2. The second kappa shape index (κ2) is 7.34. The molecule has 5 nitrogen and oxygen atoms in total. The van der Waals surface area contributed by atoms with E-state index in [0.717, 1.165) is 25.8 Å². The fourth-order valence-electron chi connectivity index (χ4n) is 4.29. The molecule has 0 radical (unpaired) electrons. The molecule has 2 fully saturated rings. The van der Waals surface area contributed by atoms with Gasteiger partial charge in [-0.15, -0.1) is 0 Å². The Balaban J connectivity index is 1.88. The first kappa shape index (κ1) is 17.0. The van der Waals surface area contributed by atoms with E-state index in [2.05, 4.69) is 29.0 Å². The average Bonchev–Trinajstić information content (AvgIpc) is 2.87. The topological polar surface area (TPSA) is 66.6 Å². The number of fused-ring (bicyclic) bond motifs is 1. The molecule has 3 rings (SSSR count). The second-order valence-corrected chi connectivity index (χ2v) is 7.04. The summed E-state index contributed by atoms with van der Waals surface area (Å²) in [7, 11) is 2.17. The Hall–Kier alpha value is -1.88. The van der Waals surface area contributed by atoms with Crippen molar-refractivity contribution in [1.29, 1.82) is 0 Å². The van der Waals surface area contributed by atoms with Crippen molar-refractivity contribution < 1.29 is 9.59 Å².